The summed E-state index contributed by atoms with van der Waals surface area (Å²) in [6.45, 7) is 1.94. The molecule has 4 rings (SSSR count). The number of carbonyl (C=O) groups excluding carboxylic acids is 2. The number of aromatic nitrogens is 2. The van der Waals surface area contributed by atoms with Gasteiger partial charge in [-0.2, -0.15) is 5.10 Å². The number of halogens is 1. The van der Waals surface area contributed by atoms with Gasteiger partial charge in [-0.05, 0) is 24.1 Å². The first kappa shape index (κ1) is 23.1. The number of fused-ring (bicyclic) bond motifs is 1. The molecule has 3 aromatic rings. The molecule has 2 aromatic carbocycles. The molecule has 34 heavy (non-hydrogen) atoms. The molecule has 0 radical (unpaired) electrons. The van der Waals surface area contributed by atoms with Crippen LogP contribution in [0.5, 0.6) is 17.2 Å². The van der Waals surface area contributed by atoms with Crippen LogP contribution in [0.4, 0.5) is 15.9 Å². The van der Waals surface area contributed by atoms with Gasteiger partial charge in [0.2, 0.25) is 11.7 Å². The van der Waals surface area contributed by atoms with Gasteiger partial charge in [0.1, 0.15) is 17.7 Å². The van der Waals surface area contributed by atoms with Gasteiger partial charge < -0.3 is 24.8 Å². The predicted molar refractivity (Wildman–Crippen MR) is 124 cm³/mol. The Morgan fingerprint density at radius 2 is 1.76 bits per heavy atom. The number of benzene rings is 2. The van der Waals surface area contributed by atoms with Crippen LogP contribution in [0, 0.1) is 5.82 Å². The molecule has 1 unspecified atom stereocenters. The van der Waals surface area contributed by atoms with Crippen LogP contribution in [0.1, 0.15) is 25.1 Å². The Morgan fingerprint density at radius 3 is 2.32 bits per heavy atom. The quantitative estimate of drug-likeness (QED) is 0.521. The molecule has 1 aliphatic heterocycles. The van der Waals surface area contributed by atoms with E-state index in [1.54, 1.807) is 24.3 Å². The SMILES string of the molecule is CCc1nn2c(c1-c1ccc(F)cc1)NC(=O)C2CC(=O)Nc1cc(OC)c(OC)c(OC)c1. The van der Waals surface area contributed by atoms with Crippen molar-refractivity contribution in [2.24, 2.45) is 0 Å². The van der Waals surface area contributed by atoms with E-state index in [4.69, 9.17) is 14.2 Å². The second-order valence-electron chi connectivity index (χ2n) is 7.65. The molecule has 0 saturated heterocycles. The maximum absolute atomic E-state index is 13.4. The lowest BCUT2D eigenvalue weighted by molar-refractivity contribution is -0.123. The van der Waals surface area contributed by atoms with Crippen LogP contribution in [0.2, 0.25) is 0 Å². The number of nitrogens with zero attached hydrogens (tertiary/aromatic N) is 2. The molecule has 2 heterocycles. The third-order valence-electron chi connectivity index (χ3n) is 5.62. The topological polar surface area (TPSA) is 104 Å². The Hall–Kier alpha value is -4.08. The highest BCUT2D eigenvalue weighted by Gasteiger charge is 2.36. The Kier molecular flexibility index (Phi) is 6.40. The number of rotatable bonds is 8. The van der Waals surface area contributed by atoms with Crippen molar-refractivity contribution < 1.29 is 28.2 Å². The van der Waals surface area contributed by atoms with Crippen molar-refractivity contribution >= 4 is 23.3 Å². The van der Waals surface area contributed by atoms with Crippen LogP contribution < -0.4 is 24.8 Å². The fourth-order valence-corrected chi connectivity index (χ4v) is 4.03. The third kappa shape index (κ3) is 4.14. The average molecular weight is 468 g/mol. The smallest absolute Gasteiger partial charge is 0.251 e. The van der Waals surface area contributed by atoms with Crippen molar-refractivity contribution in [1.29, 1.82) is 0 Å². The summed E-state index contributed by atoms with van der Waals surface area (Å²) in [5.74, 6) is 0.603. The van der Waals surface area contributed by atoms with Gasteiger partial charge in [0.15, 0.2) is 11.5 Å². The molecule has 0 saturated carbocycles. The van der Waals surface area contributed by atoms with Crippen molar-refractivity contribution in [2.75, 3.05) is 32.0 Å². The molecule has 0 fully saturated rings. The van der Waals surface area contributed by atoms with Crippen LogP contribution >= 0.6 is 0 Å². The molecule has 1 aliphatic rings. The van der Waals surface area contributed by atoms with Crippen molar-refractivity contribution in [2.45, 2.75) is 25.8 Å². The van der Waals surface area contributed by atoms with E-state index in [-0.39, 0.29) is 24.1 Å². The van der Waals surface area contributed by atoms with Crippen LogP contribution in [-0.4, -0.2) is 42.9 Å². The minimum atomic E-state index is -0.823. The van der Waals surface area contributed by atoms with Crippen LogP contribution in [0.15, 0.2) is 36.4 Å². The first-order chi connectivity index (χ1) is 16.4. The van der Waals surface area contributed by atoms with Gasteiger partial charge in [0, 0.05) is 23.4 Å². The lowest BCUT2D eigenvalue weighted by Crippen LogP contribution is -2.24. The minimum Gasteiger partial charge on any atom is -0.493 e. The Morgan fingerprint density at radius 1 is 1.12 bits per heavy atom. The minimum absolute atomic E-state index is 0.136. The molecule has 9 nitrogen and oxygen atoms in total. The van der Waals surface area contributed by atoms with E-state index in [0.717, 1.165) is 16.8 Å². The van der Waals surface area contributed by atoms with Crippen LogP contribution in [0.3, 0.4) is 0 Å². The summed E-state index contributed by atoms with van der Waals surface area (Å²) < 4.78 is 30.9. The summed E-state index contributed by atoms with van der Waals surface area (Å²) in [7, 11) is 4.45. The molecule has 0 aliphatic carbocycles. The third-order valence-corrected chi connectivity index (χ3v) is 5.62. The first-order valence-electron chi connectivity index (χ1n) is 10.7. The first-order valence-corrected chi connectivity index (χ1v) is 10.7. The van der Waals surface area contributed by atoms with Crippen molar-refractivity contribution in [3.05, 3.63) is 47.9 Å². The molecule has 1 aromatic heterocycles. The lowest BCUT2D eigenvalue weighted by Gasteiger charge is -2.15. The average Bonchev–Trinajstić information content (AvgIpc) is 3.33. The van der Waals surface area contributed by atoms with Gasteiger partial charge in [-0.3, -0.25) is 9.59 Å². The molecular formula is C24H25FN4O5. The summed E-state index contributed by atoms with van der Waals surface area (Å²) in [5, 5.41) is 10.2. The summed E-state index contributed by atoms with van der Waals surface area (Å²) in [6, 6.07) is 8.39. The molecule has 1 atom stereocenters. The van der Waals surface area contributed by atoms with E-state index >= 15 is 0 Å². The van der Waals surface area contributed by atoms with Crippen molar-refractivity contribution in [1.82, 2.24) is 9.78 Å². The molecule has 178 valence electrons. The van der Waals surface area contributed by atoms with E-state index in [1.807, 2.05) is 6.92 Å². The normalized spacial score (nSPS) is 14.4. The van der Waals surface area contributed by atoms with Gasteiger partial charge in [-0.1, -0.05) is 19.1 Å². The fraction of sp³-hybridized carbons (Fsp3) is 0.292. The van der Waals surface area contributed by atoms with Crippen molar-refractivity contribution in [3.63, 3.8) is 0 Å². The van der Waals surface area contributed by atoms with E-state index in [1.165, 1.54) is 38.1 Å². The predicted octanol–water partition coefficient (Wildman–Crippen LogP) is 3.80. The van der Waals surface area contributed by atoms with E-state index in [0.29, 0.717) is 35.2 Å². The molecular weight excluding hydrogens is 443 g/mol. The second kappa shape index (κ2) is 9.42. The van der Waals surface area contributed by atoms with Gasteiger partial charge in [0.05, 0.1) is 33.4 Å². The molecule has 10 heteroatoms. The van der Waals surface area contributed by atoms with Gasteiger partial charge in [0.25, 0.3) is 5.91 Å². The van der Waals surface area contributed by atoms with E-state index in [2.05, 4.69) is 15.7 Å². The largest absolute Gasteiger partial charge is 0.493 e. The number of methoxy groups -OCH3 is 3. The zero-order valence-electron chi connectivity index (χ0n) is 19.3. The number of ether oxygens (including phenoxy) is 3. The molecule has 2 amide bonds. The Balaban J connectivity index is 1.59. The number of hydrogen-bond donors (Lipinski definition) is 2. The second-order valence-corrected chi connectivity index (χ2v) is 7.65. The maximum atomic E-state index is 13.4. The Labute approximate surface area is 195 Å². The number of amides is 2. The zero-order valence-corrected chi connectivity index (χ0v) is 19.3. The number of hydrogen-bond acceptors (Lipinski definition) is 6. The highest BCUT2D eigenvalue weighted by Crippen LogP contribution is 2.41. The number of nitrogens with one attached hydrogen (secondary N) is 2. The highest BCUT2D eigenvalue weighted by atomic mass is 19.1. The summed E-state index contributed by atoms with van der Waals surface area (Å²) in [4.78, 5) is 25.6. The molecule has 0 bridgehead atoms. The summed E-state index contributed by atoms with van der Waals surface area (Å²) >= 11 is 0. The van der Waals surface area contributed by atoms with Gasteiger partial charge in [-0.25, -0.2) is 9.07 Å². The summed E-state index contributed by atoms with van der Waals surface area (Å²) in [6.07, 6.45) is 0.468. The number of aryl methyl sites for hydroxylation is 1. The molecule has 2 N–H and O–H groups in total. The van der Waals surface area contributed by atoms with Crippen LogP contribution in [0.25, 0.3) is 11.1 Å². The Bertz CT molecular complexity index is 1210. The monoisotopic (exact) mass is 468 g/mol. The van der Waals surface area contributed by atoms with E-state index in [9.17, 15) is 14.0 Å². The maximum Gasteiger partial charge on any atom is 0.251 e. The van der Waals surface area contributed by atoms with Gasteiger partial charge >= 0.3 is 0 Å². The standard InChI is InChI=1S/C24H25FN4O5/c1-5-16-21(13-6-8-14(25)9-7-13)23-27-24(31)17(29(23)28-16)12-20(30)26-15-10-18(32-2)22(34-4)19(11-15)33-3/h6-11,17H,5,12H2,1-4H3,(H,26,30)(H,27,31). The van der Waals surface area contributed by atoms with Crippen molar-refractivity contribution in [3.8, 4) is 28.4 Å². The van der Waals surface area contributed by atoms with Crippen LogP contribution in [-0.2, 0) is 16.0 Å². The lowest BCUT2D eigenvalue weighted by atomic mass is 10.0. The number of carbonyl (C=O) groups is 2. The molecule has 0 spiro atoms. The number of anilines is 2. The highest BCUT2D eigenvalue weighted by molar-refractivity contribution is 6.04. The van der Waals surface area contributed by atoms with E-state index < -0.39 is 6.04 Å². The van der Waals surface area contributed by atoms with Gasteiger partial charge in [-0.15, -0.1) is 0 Å². The summed E-state index contributed by atoms with van der Waals surface area (Å²) in [5.41, 5.74) is 2.64. The fourth-order valence-electron chi connectivity index (χ4n) is 4.03. The zero-order chi connectivity index (χ0) is 24.4.